The maximum absolute atomic E-state index is 9.28. The van der Waals surface area contributed by atoms with Gasteiger partial charge in [0.25, 0.3) is 0 Å². The van der Waals surface area contributed by atoms with Crippen molar-refractivity contribution < 1.29 is 5.11 Å². The third kappa shape index (κ3) is 5.28. The molecule has 0 aromatic heterocycles. The average Bonchev–Trinajstić information content (AvgIpc) is 2.24. The molecule has 0 radical (unpaired) electrons. The van der Waals surface area contributed by atoms with Crippen molar-refractivity contribution in [1.82, 2.24) is 10.2 Å². The molecule has 96 valence electrons. The Balaban J connectivity index is 2.20. The molecular weight excluding hydrogens is 200 g/mol. The first-order valence-electron chi connectivity index (χ1n) is 6.71. The lowest BCUT2D eigenvalue weighted by molar-refractivity contribution is 0.160. The Kier molecular flexibility index (Phi) is 6.32. The first-order chi connectivity index (χ1) is 7.61. The molecule has 3 heteroatoms. The lowest BCUT2D eigenvalue weighted by Gasteiger charge is -2.32. The molecule has 0 saturated carbocycles. The van der Waals surface area contributed by atoms with Gasteiger partial charge in [-0.1, -0.05) is 20.8 Å². The molecule has 0 aromatic rings. The zero-order chi connectivity index (χ0) is 12.0. The van der Waals surface area contributed by atoms with Crippen molar-refractivity contribution in [2.24, 2.45) is 5.92 Å². The van der Waals surface area contributed by atoms with E-state index in [1.807, 2.05) is 0 Å². The Labute approximate surface area is 100 Å². The van der Waals surface area contributed by atoms with Crippen molar-refractivity contribution in [1.29, 1.82) is 0 Å². The maximum Gasteiger partial charge on any atom is 0.0585 e. The second kappa shape index (κ2) is 7.25. The van der Waals surface area contributed by atoms with Crippen LogP contribution >= 0.6 is 0 Å². The van der Waals surface area contributed by atoms with E-state index in [0.29, 0.717) is 6.04 Å². The van der Waals surface area contributed by atoms with E-state index in [1.165, 1.54) is 25.9 Å². The van der Waals surface area contributed by atoms with E-state index in [0.717, 1.165) is 18.9 Å². The van der Waals surface area contributed by atoms with Crippen molar-refractivity contribution in [3.05, 3.63) is 0 Å². The maximum atomic E-state index is 9.28. The minimum Gasteiger partial charge on any atom is -0.395 e. The zero-order valence-corrected chi connectivity index (χ0v) is 11.1. The van der Waals surface area contributed by atoms with Crippen LogP contribution in [-0.2, 0) is 0 Å². The van der Waals surface area contributed by atoms with E-state index in [4.69, 9.17) is 0 Å². The van der Waals surface area contributed by atoms with Crippen LogP contribution in [0.4, 0.5) is 0 Å². The second-order valence-corrected chi connectivity index (χ2v) is 5.54. The van der Waals surface area contributed by atoms with Crippen LogP contribution in [-0.4, -0.2) is 48.3 Å². The summed E-state index contributed by atoms with van der Waals surface area (Å²) in [6, 6.07) is 0.717. The smallest absolute Gasteiger partial charge is 0.0585 e. The predicted molar refractivity (Wildman–Crippen MR) is 68.6 cm³/mol. The first-order valence-corrected chi connectivity index (χ1v) is 6.71. The summed E-state index contributed by atoms with van der Waals surface area (Å²) in [4.78, 5) is 2.54. The standard InChI is InChI=1S/C13H28N2O/c1-11(2)14-13(10-16)6-8-15-7-4-5-12(3)9-15/h11-14,16H,4-10H2,1-3H3. The molecule has 0 amide bonds. The van der Waals surface area contributed by atoms with Gasteiger partial charge in [-0.15, -0.1) is 0 Å². The number of nitrogens with one attached hydrogen (secondary N) is 1. The Morgan fingerprint density at radius 1 is 1.44 bits per heavy atom. The molecule has 1 fully saturated rings. The van der Waals surface area contributed by atoms with Crippen LogP contribution in [0.25, 0.3) is 0 Å². The minimum atomic E-state index is 0.252. The molecule has 2 unspecified atom stereocenters. The normalized spacial score (nSPS) is 24.9. The number of rotatable bonds is 6. The van der Waals surface area contributed by atoms with Gasteiger partial charge in [0.1, 0.15) is 0 Å². The fourth-order valence-electron chi connectivity index (χ4n) is 2.53. The van der Waals surface area contributed by atoms with Gasteiger partial charge in [0.15, 0.2) is 0 Å². The lowest BCUT2D eigenvalue weighted by Crippen LogP contribution is -2.42. The summed E-state index contributed by atoms with van der Waals surface area (Å²) in [5, 5.41) is 12.7. The highest BCUT2D eigenvalue weighted by atomic mass is 16.3. The number of piperidine rings is 1. The van der Waals surface area contributed by atoms with E-state index in [2.05, 4.69) is 31.0 Å². The SMILES string of the molecule is CC1CCCN(CCC(CO)NC(C)C)C1. The summed E-state index contributed by atoms with van der Waals surface area (Å²) in [6.45, 7) is 10.4. The van der Waals surface area contributed by atoms with Crippen LogP contribution in [0.15, 0.2) is 0 Å². The molecule has 1 saturated heterocycles. The van der Waals surface area contributed by atoms with Gasteiger partial charge in [-0.2, -0.15) is 0 Å². The van der Waals surface area contributed by atoms with Gasteiger partial charge in [0.2, 0.25) is 0 Å². The van der Waals surface area contributed by atoms with Crippen LogP contribution in [0.2, 0.25) is 0 Å². The summed E-state index contributed by atoms with van der Waals surface area (Å²) >= 11 is 0. The summed E-state index contributed by atoms with van der Waals surface area (Å²) in [6.07, 6.45) is 3.77. The van der Waals surface area contributed by atoms with E-state index in [-0.39, 0.29) is 12.6 Å². The Bertz CT molecular complexity index is 181. The van der Waals surface area contributed by atoms with E-state index in [1.54, 1.807) is 0 Å². The molecule has 3 nitrogen and oxygen atoms in total. The summed E-state index contributed by atoms with van der Waals surface area (Å²) in [7, 11) is 0. The monoisotopic (exact) mass is 228 g/mol. The van der Waals surface area contributed by atoms with Gasteiger partial charge in [0, 0.05) is 18.6 Å². The molecule has 0 aliphatic carbocycles. The molecule has 0 bridgehead atoms. The van der Waals surface area contributed by atoms with Crippen molar-refractivity contribution in [3.63, 3.8) is 0 Å². The quantitative estimate of drug-likeness (QED) is 0.722. The Morgan fingerprint density at radius 3 is 2.75 bits per heavy atom. The van der Waals surface area contributed by atoms with E-state index in [9.17, 15) is 5.11 Å². The topological polar surface area (TPSA) is 35.5 Å². The lowest BCUT2D eigenvalue weighted by atomic mass is 10.00. The van der Waals surface area contributed by atoms with Gasteiger partial charge >= 0.3 is 0 Å². The summed E-state index contributed by atoms with van der Waals surface area (Å²) in [5.74, 6) is 0.847. The fraction of sp³-hybridized carbons (Fsp3) is 1.00. The number of nitrogens with zero attached hydrogens (tertiary/aromatic N) is 1. The number of hydrogen-bond acceptors (Lipinski definition) is 3. The van der Waals surface area contributed by atoms with Crippen LogP contribution in [0, 0.1) is 5.92 Å². The van der Waals surface area contributed by atoms with Crippen LogP contribution in [0.5, 0.6) is 0 Å². The molecule has 16 heavy (non-hydrogen) atoms. The molecule has 1 aliphatic heterocycles. The summed E-state index contributed by atoms with van der Waals surface area (Å²) < 4.78 is 0. The molecule has 0 aromatic carbocycles. The average molecular weight is 228 g/mol. The predicted octanol–water partition coefficient (Wildman–Crippen LogP) is 1.47. The number of hydrogen-bond donors (Lipinski definition) is 2. The zero-order valence-electron chi connectivity index (χ0n) is 11.1. The van der Waals surface area contributed by atoms with Crippen LogP contribution in [0.1, 0.15) is 40.0 Å². The van der Waals surface area contributed by atoms with E-state index >= 15 is 0 Å². The molecule has 2 atom stereocenters. The van der Waals surface area contributed by atoms with E-state index < -0.39 is 0 Å². The fourth-order valence-corrected chi connectivity index (χ4v) is 2.53. The molecular formula is C13H28N2O. The highest BCUT2D eigenvalue weighted by Gasteiger charge is 2.17. The van der Waals surface area contributed by atoms with Crippen LogP contribution < -0.4 is 5.32 Å². The van der Waals surface area contributed by atoms with Gasteiger partial charge in [-0.05, 0) is 38.3 Å². The molecule has 1 heterocycles. The second-order valence-electron chi connectivity index (χ2n) is 5.54. The Hall–Kier alpha value is -0.120. The molecule has 1 aliphatic rings. The first kappa shape index (κ1) is 13.9. The van der Waals surface area contributed by atoms with Crippen molar-refractivity contribution in [2.75, 3.05) is 26.2 Å². The molecule has 0 spiro atoms. The van der Waals surface area contributed by atoms with Gasteiger partial charge in [0.05, 0.1) is 6.61 Å². The molecule has 1 rings (SSSR count). The number of likely N-dealkylation sites (tertiary alicyclic amines) is 1. The largest absolute Gasteiger partial charge is 0.395 e. The highest BCUT2D eigenvalue weighted by molar-refractivity contribution is 4.74. The minimum absolute atomic E-state index is 0.252. The molecule has 2 N–H and O–H groups in total. The number of aliphatic hydroxyl groups is 1. The number of aliphatic hydroxyl groups excluding tert-OH is 1. The summed E-state index contributed by atoms with van der Waals surface area (Å²) in [5.41, 5.74) is 0. The van der Waals surface area contributed by atoms with Crippen molar-refractivity contribution in [3.8, 4) is 0 Å². The van der Waals surface area contributed by atoms with Crippen molar-refractivity contribution >= 4 is 0 Å². The highest BCUT2D eigenvalue weighted by Crippen LogP contribution is 2.15. The Morgan fingerprint density at radius 2 is 2.19 bits per heavy atom. The van der Waals surface area contributed by atoms with Crippen LogP contribution in [0.3, 0.4) is 0 Å². The van der Waals surface area contributed by atoms with Gasteiger partial charge in [-0.25, -0.2) is 0 Å². The third-order valence-corrected chi connectivity index (χ3v) is 3.32. The van der Waals surface area contributed by atoms with Gasteiger partial charge in [-0.3, -0.25) is 0 Å². The van der Waals surface area contributed by atoms with Crippen molar-refractivity contribution in [2.45, 2.75) is 52.1 Å². The third-order valence-electron chi connectivity index (χ3n) is 3.32. The van der Waals surface area contributed by atoms with Gasteiger partial charge < -0.3 is 15.3 Å².